The van der Waals surface area contributed by atoms with Gasteiger partial charge in [0.2, 0.25) is 5.91 Å². The number of ether oxygens (including phenoxy) is 1. The first-order valence-electron chi connectivity index (χ1n) is 11.1. The molecule has 1 fully saturated rings. The molecule has 1 aliphatic heterocycles. The minimum absolute atomic E-state index is 0.0882. The van der Waals surface area contributed by atoms with E-state index in [9.17, 15) is 19.7 Å². The zero-order valence-corrected chi connectivity index (χ0v) is 19.2. The van der Waals surface area contributed by atoms with Gasteiger partial charge in [-0.25, -0.2) is 4.79 Å². The Hall–Kier alpha value is -3.68. The highest BCUT2D eigenvalue weighted by molar-refractivity contribution is 5.92. The fourth-order valence-electron chi connectivity index (χ4n) is 3.71. The number of nitro benzene ring substituents is 1. The Kier molecular flexibility index (Phi) is 7.82. The molecule has 0 spiro atoms. The lowest BCUT2D eigenvalue weighted by Gasteiger charge is -2.35. The summed E-state index contributed by atoms with van der Waals surface area (Å²) in [6.07, 6.45) is 3.37. The van der Waals surface area contributed by atoms with E-state index in [1.807, 2.05) is 17.0 Å². The third kappa shape index (κ3) is 5.97. The van der Waals surface area contributed by atoms with Gasteiger partial charge in [-0.15, -0.1) is 0 Å². The quantitative estimate of drug-likeness (QED) is 0.270. The molecule has 8 nitrogen and oxygen atoms in total. The molecule has 2 aromatic carbocycles. The van der Waals surface area contributed by atoms with Gasteiger partial charge in [-0.3, -0.25) is 14.9 Å². The van der Waals surface area contributed by atoms with Gasteiger partial charge in [0.15, 0.2) is 0 Å². The van der Waals surface area contributed by atoms with E-state index < -0.39 is 10.9 Å². The monoisotopic (exact) mass is 451 g/mol. The molecule has 0 radical (unpaired) electrons. The van der Waals surface area contributed by atoms with Crippen molar-refractivity contribution in [3.8, 4) is 0 Å². The highest BCUT2D eigenvalue weighted by Gasteiger charge is 2.26. The van der Waals surface area contributed by atoms with Crippen LogP contribution in [0.1, 0.15) is 48.2 Å². The number of amides is 1. The maximum atomic E-state index is 12.6. The van der Waals surface area contributed by atoms with E-state index in [1.54, 1.807) is 30.0 Å². The first kappa shape index (κ1) is 24.0. The van der Waals surface area contributed by atoms with Crippen LogP contribution in [0.5, 0.6) is 0 Å². The minimum atomic E-state index is -0.590. The van der Waals surface area contributed by atoms with Crippen LogP contribution >= 0.6 is 0 Å². The lowest BCUT2D eigenvalue weighted by Crippen LogP contribution is -2.48. The van der Waals surface area contributed by atoms with E-state index in [2.05, 4.69) is 26.0 Å². The summed E-state index contributed by atoms with van der Waals surface area (Å²) in [4.78, 5) is 39.2. The van der Waals surface area contributed by atoms with Crippen molar-refractivity contribution in [2.24, 2.45) is 0 Å². The normalized spacial score (nSPS) is 14.1. The molecule has 0 aromatic heterocycles. The van der Waals surface area contributed by atoms with Crippen LogP contribution in [0.15, 0.2) is 48.5 Å². The highest BCUT2D eigenvalue weighted by Crippen LogP contribution is 2.30. The fraction of sp³-hybridized carbons (Fsp3) is 0.360. The van der Waals surface area contributed by atoms with Gasteiger partial charge >= 0.3 is 5.97 Å². The topological polar surface area (TPSA) is 93.0 Å². The molecule has 0 N–H and O–H groups in total. The van der Waals surface area contributed by atoms with Gasteiger partial charge in [0, 0.05) is 38.3 Å². The molecule has 0 saturated carbocycles. The average Bonchev–Trinajstić information content (AvgIpc) is 2.82. The van der Waals surface area contributed by atoms with Crippen LogP contribution in [0.2, 0.25) is 0 Å². The number of anilines is 1. The number of carbonyl (C=O) groups excluding carboxylic acids is 2. The summed E-state index contributed by atoms with van der Waals surface area (Å²) in [7, 11) is 0. The number of hydrogen-bond acceptors (Lipinski definition) is 6. The van der Waals surface area contributed by atoms with Gasteiger partial charge in [0.1, 0.15) is 5.69 Å². The van der Waals surface area contributed by atoms with E-state index in [0.29, 0.717) is 37.8 Å². The second kappa shape index (κ2) is 10.8. The standard InChI is InChI=1S/C25H29N3O5/c1-4-33-25(30)21-10-11-22(23(17-21)28(31)32)26-13-15-27(16-14-26)24(29)12-7-19-5-8-20(9-6-19)18(2)3/h5-12,17-18H,4,13-16H2,1-3H3/b12-7+. The number of benzene rings is 2. The molecule has 33 heavy (non-hydrogen) atoms. The molecular weight excluding hydrogens is 422 g/mol. The smallest absolute Gasteiger partial charge is 0.338 e. The largest absolute Gasteiger partial charge is 0.462 e. The van der Waals surface area contributed by atoms with E-state index in [1.165, 1.54) is 17.7 Å². The average molecular weight is 452 g/mol. The zero-order valence-electron chi connectivity index (χ0n) is 19.2. The third-order valence-electron chi connectivity index (χ3n) is 5.64. The minimum Gasteiger partial charge on any atom is -0.462 e. The van der Waals surface area contributed by atoms with Crippen molar-refractivity contribution in [1.82, 2.24) is 4.90 Å². The van der Waals surface area contributed by atoms with Gasteiger partial charge in [-0.1, -0.05) is 38.1 Å². The number of nitro groups is 1. The Morgan fingerprint density at radius 2 is 1.76 bits per heavy atom. The summed E-state index contributed by atoms with van der Waals surface area (Å²) in [5, 5.41) is 11.6. The summed E-state index contributed by atoms with van der Waals surface area (Å²) in [5.74, 6) is -0.221. The second-order valence-corrected chi connectivity index (χ2v) is 8.15. The predicted molar refractivity (Wildman–Crippen MR) is 127 cm³/mol. The van der Waals surface area contributed by atoms with Gasteiger partial charge in [0.25, 0.3) is 5.69 Å². The molecule has 1 amide bonds. The summed E-state index contributed by atoms with van der Waals surface area (Å²) >= 11 is 0. The molecular formula is C25H29N3O5. The molecule has 1 heterocycles. The molecule has 0 unspecified atom stereocenters. The maximum Gasteiger partial charge on any atom is 0.338 e. The first-order chi connectivity index (χ1) is 15.8. The van der Waals surface area contributed by atoms with Crippen LogP contribution in [0, 0.1) is 10.1 Å². The molecule has 1 aliphatic rings. The lowest BCUT2D eigenvalue weighted by molar-refractivity contribution is -0.384. The number of carbonyl (C=O) groups is 2. The third-order valence-corrected chi connectivity index (χ3v) is 5.64. The van der Waals surface area contributed by atoms with Crippen molar-refractivity contribution < 1.29 is 19.2 Å². The van der Waals surface area contributed by atoms with Crippen molar-refractivity contribution in [2.45, 2.75) is 26.7 Å². The number of piperazine rings is 1. The van der Waals surface area contributed by atoms with E-state index in [-0.39, 0.29) is 23.8 Å². The van der Waals surface area contributed by atoms with Gasteiger partial charge < -0.3 is 14.5 Å². The van der Waals surface area contributed by atoms with Gasteiger partial charge in [0.05, 0.1) is 17.1 Å². The number of rotatable bonds is 7. The van der Waals surface area contributed by atoms with Crippen molar-refractivity contribution in [2.75, 3.05) is 37.7 Å². The molecule has 0 bridgehead atoms. The first-order valence-corrected chi connectivity index (χ1v) is 11.1. The van der Waals surface area contributed by atoms with Crippen LogP contribution in [0.3, 0.4) is 0 Å². The number of hydrogen-bond donors (Lipinski definition) is 0. The van der Waals surface area contributed by atoms with Crippen LogP contribution in [0.25, 0.3) is 6.08 Å². The summed E-state index contributed by atoms with van der Waals surface area (Å²) < 4.78 is 4.93. The molecule has 1 saturated heterocycles. The van der Waals surface area contributed by atoms with Crippen LogP contribution < -0.4 is 4.90 Å². The Morgan fingerprint density at radius 3 is 2.33 bits per heavy atom. The Bertz CT molecular complexity index is 1040. The Labute approximate surface area is 193 Å². The van der Waals surface area contributed by atoms with Crippen LogP contribution in [-0.4, -0.2) is 54.5 Å². The zero-order chi connectivity index (χ0) is 24.0. The van der Waals surface area contributed by atoms with E-state index >= 15 is 0 Å². The molecule has 174 valence electrons. The van der Waals surface area contributed by atoms with Crippen LogP contribution in [-0.2, 0) is 9.53 Å². The van der Waals surface area contributed by atoms with E-state index in [4.69, 9.17) is 4.74 Å². The molecule has 0 atom stereocenters. The van der Waals surface area contributed by atoms with Gasteiger partial charge in [-0.2, -0.15) is 0 Å². The fourth-order valence-corrected chi connectivity index (χ4v) is 3.71. The Balaban J connectivity index is 1.63. The summed E-state index contributed by atoms with van der Waals surface area (Å²) in [6, 6.07) is 12.5. The predicted octanol–water partition coefficient (Wildman–Crippen LogP) is 4.26. The number of nitrogens with zero attached hydrogens (tertiary/aromatic N) is 3. The maximum absolute atomic E-state index is 12.6. The number of esters is 1. The van der Waals surface area contributed by atoms with Crippen molar-refractivity contribution in [1.29, 1.82) is 0 Å². The van der Waals surface area contributed by atoms with E-state index in [0.717, 1.165) is 5.56 Å². The van der Waals surface area contributed by atoms with Crippen molar-refractivity contribution in [3.05, 3.63) is 75.3 Å². The van der Waals surface area contributed by atoms with Gasteiger partial charge in [-0.05, 0) is 42.2 Å². The lowest BCUT2D eigenvalue weighted by atomic mass is 10.0. The van der Waals surface area contributed by atoms with Crippen molar-refractivity contribution >= 4 is 29.3 Å². The SMILES string of the molecule is CCOC(=O)c1ccc(N2CCN(C(=O)/C=C/c3ccc(C(C)C)cc3)CC2)c([N+](=O)[O-])c1. The highest BCUT2D eigenvalue weighted by atomic mass is 16.6. The van der Waals surface area contributed by atoms with Crippen molar-refractivity contribution in [3.63, 3.8) is 0 Å². The summed E-state index contributed by atoms with van der Waals surface area (Å²) in [6.45, 7) is 7.97. The molecule has 8 heteroatoms. The summed E-state index contributed by atoms with van der Waals surface area (Å²) in [5.41, 5.74) is 2.64. The van der Waals surface area contributed by atoms with Crippen LogP contribution in [0.4, 0.5) is 11.4 Å². The second-order valence-electron chi connectivity index (χ2n) is 8.15. The molecule has 0 aliphatic carbocycles. The Morgan fingerprint density at radius 1 is 1.09 bits per heavy atom. The molecule has 3 rings (SSSR count). The molecule has 2 aromatic rings.